The van der Waals surface area contributed by atoms with Gasteiger partial charge in [0.25, 0.3) is 0 Å². The fraction of sp³-hybridized carbons (Fsp3) is 0.483. The minimum absolute atomic E-state index is 0.684. The minimum Gasteiger partial charge on any atom is -0.255 e. The van der Waals surface area contributed by atoms with Crippen LogP contribution in [0.2, 0.25) is 0 Å². The first-order valence-corrected chi connectivity index (χ1v) is 12.2. The Labute approximate surface area is 181 Å². The lowest BCUT2D eigenvalue weighted by Crippen LogP contribution is -2.08. The Morgan fingerprint density at radius 3 is 1.97 bits per heavy atom. The Morgan fingerprint density at radius 1 is 0.667 bits per heavy atom. The summed E-state index contributed by atoms with van der Waals surface area (Å²) >= 11 is 0. The topological polar surface area (TPSA) is 12.9 Å². The average Bonchev–Trinajstić information content (AvgIpc) is 2.78. The molecule has 0 aliphatic heterocycles. The van der Waals surface area contributed by atoms with Crippen LogP contribution >= 0.6 is 0 Å². The number of benzene rings is 2. The molecule has 0 radical (unpaired) electrons. The summed E-state index contributed by atoms with van der Waals surface area (Å²) < 4.78 is 0. The molecule has 1 aromatic heterocycles. The third kappa shape index (κ3) is 3.92. The zero-order valence-electron chi connectivity index (χ0n) is 18.7. The van der Waals surface area contributed by atoms with Crippen LogP contribution in [-0.2, 0) is 0 Å². The molecule has 0 bridgehead atoms. The number of pyridine rings is 1. The van der Waals surface area contributed by atoms with Gasteiger partial charge in [-0.15, -0.1) is 0 Å². The van der Waals surface area contributed by atoms with Gasteiger partial charge in [-0.1, -0.05) is 73.9 Å². The van der Waals surface area contributed by atoms with Crippen molar-refractivity contribution < 1.29 is 0 Å². The van der Waals surface area contributed by atoms with Gasteiger partial charge in [0.1, 0.15) is 0 Å². The van der Waals surface area contributed by atoms with E-state index in [1.165, 1.54) is 97.2 Å². The van der Waals surface area contributed by atoms with E-state index in [9.17, 15) is 0 Å². The Hall–Kier alpha value is -2.15. The van der Waals surface area contributed by atoms with Crippen LogP contribution in [0.3, 0.4) is 0 Å². The van der Waals surface area contributed by atoms with Crippen LogP contribution in [0.1, 0.15) is 98.3 Å². The van der Waals surface area contributed by atoms with Crippen molar-refractivity contribution in [2.45, 2.75) is 89.9 Å². The average molecular weight is 398 g/mol. The van der Waals surface area contributed by atoms with Crippen LogP contribution < -0.4 is 0 Å². The molecule has 2 fully saturated rings. The molecule has 0 amide bonds. The molecule has 3 aromatic rings. The van der Waals surface area contributed by atoms with Crippen molar-refractivity contribution >= 4 is 10.8 Å². The summed E-state index contributed by atoms with van der Waals surface area (Å²) in [5, 5.41) is 2.83. The SMILES string of the molecule is Cc1cc(C)cc(-c2ncc(C3CCCCC3)c3cc(C4CCCCC4)ccc23)c1. The molecule has 5 rings (SSSR count). The van der Waals surface area contributed by atoms with E-state index in [1.54, 1.807) is 5.56 Å². The van der Waals surface area contributed by atoms with Crippen molar-refractivity contribution in [3.8, 4) is 11.3 Å². The summed E-state index contributed by atoms with van der Waals surface area (Å²) in [5.41, 5.74) is 8.13. The predicted molar refractivity (Wildman–Crippen MR) is 128 cm³/mol. The number of hydrogen-bond acceptors (Lipinski definition) is 1. The maximum Gasteiger partial charge on any atom is 0.0780 e. The van der Waals surface area contributed by atoms with Gasteiger partial charge < -0.3 is 0 Å². The first kappa shape index (κ1) is 19.8. The molecule has 1 heterocycles. The number of rotatable bonds is 3. The highest BCUT2D eigenvalue weighted by molar-refractivity contribution is 5.97. The molecule has 2 saturated carbocycles. The molecule has 0 spiro atoms. The second kappa shape index (κ2) is 8.53. The van der Waals surface area contributed by atoms with E-state index in [0.29, 0.717) is 5.92 Å². The van der Waals surface area contributed by atoms with E-state index in [-0.39, 0.29) is 0 Å². The first-order valence-electron chi connectivity index (χ1n) is 12.2. The summed E-state index contributed by atoms with van der Waals surface area (Å²) in [6.07, 6.45) is 15.9. The molecular formula is C29H35N. The van der Waals surface area contributed by atoms with Gasteiger partial charge in [-0.3, -0.25) is 4.98 Å². The third-order valence-electron chi connectivity index (χ3n) is 7.56. The maximum absolute atomic E-state index is 5.08. The lowest BCUT2D eigenvalue weighted by molar-refractivity contribution is 0.442. The van der Waals surface area contributed by atoms with Crippen molar-refractivity contribution in [3.05, 3.63) is 64.8 Å². The molecule has 2 aliphatic carbocycles. The Morgan fingerprint density at radius 2 is 1.30 bits per heavy atom. The van der Waals surface area contributed by atoms with E-state index < -0.39 is 0 Å². The van der Waals surface area contributed by atoms with E-state index in [4.69, 9.17) is 4.98 Å². The predicted octanol–water partition coefficient (Wildman–Crippen LogP) is 8.61. The molecule has 0 N–H and O–H groups in total. The molecule has 1 nitrogen and oxygen atoms in total. The zero-order chi connectivity index (χ0) is 20.5. The smallest absolute Gasteiger partial charge is 0.0780 e. The largest absolute Gasteiger partial charge is 0.255 e. The highest BCUT2D eigenvalue weighted by Crippen LogP contribution is 2.41. The van der Waals surface area contributed by atoms with Gasteiger partial charge in [0.15, 0.2) is 0 Å². The zero-order valence-corrected chi connectivity index (χ0v) is 18.7. The lowest BCUT2D eigenvalue weighted by atomic mass is 9.80. The fourth-order valence-electron chi connectivity index (χ4n) is 6.05. The number of nitrogens with zero attached hydrogens (tertiary/aromatic N) is 1. The lowest BCUT2D eigenvalue weighted by Gasteiger charge is -2.26. The summed E-state index contributed by atoms with van der Waals surface area (Å²) in [6, 6.07) is 14.2. The van der Waals surface area contributed by atoms with Crippen molar-refractivity contribution in [2.24, 2.45) is 0 Å². The molecule has 30 heavy (non-hydrogen) atoms. The number of fused-ring (bicyclic) bond motifs is 1. The molecule has 1 heteroatoms. The van der Waals surface area contributed by atoms with Crippen LogP contribution in [-0.4, -0.2) is 4.98 Å². The summed E-state index contributed by atoms with van der Waals surface area (Å²) in [7, 11) is 0. The highest BCUT2D eigenvalue weighted by Gasteiger charge is 2.22. The van der Waals surface area contributed by atoms with Gasteiger partial charge in [-0.05, 0) is 80.0 Å². The number of hydrogen-bond donors (Lipinski definition) is 0. The molecular weight excluding hydrogens is 362 g/mol. The Kier molecular flexibility index (Phi) is 5.63. The normalized spacial score (nSPS) is 18.7. The molecule has 2 aromatic carbocycles. The highest BCUT2D eigenvalue weighted by atomic mass is 14.7. The third-order valence-corrected chi connectivity index (χ3v) is 7.56. The fourth-order valence-corrected chi connectivity index (χ4v) is 6.05. The van der Waals surface area contributed by atoms with E-state index in [0.717, 1.165) is 11.6 Å². The molecule has 0 atom stereocenters. The van der Waals surface area contributed by atoms with Crippen LogP contribution in [0.5, 0.6) is 0 Å². The van der Waals surface area contributed by atoms with Gasteiger partial charge >= 0.3 is 0 Å². The van der Waals surface area contributed by atoms with Crippen molar-refractivity contribution in [2.75, 3.05) is 0 Å². The summed E-state index contributed by atoms with van der Waals surface area (Å²) in [5.74, 6) is 1.43. The summed E-state index contributed by atoms with van der Waals surface area (Å²) in [4.78, 5) is 5.08. The van der Waals surface area contributed by atoms with Crippen LogP contribution in [0, 0.1) is 13.8 Å². The summed E-state index contributed by atoms with van der Waals surface area (Å²) in [6.45, 7) is 4.38. The maximum atomic E-state index is 5.08. The van der Waals surface area contributed by atoms with E-state index >= 15 is 0 Å². The Balaban J connectivity index is 1.67. The molecule has 0 unspecified atom stereocenters. The van der Waals surface area contributed by atoms with Gasteiger partial charge in [0, 0.05) is 17.1 Å². The van der Waals surface area contributed by atoms with Crippen molar-refractivity contribution in [1.29, 1.82) is 0 Å². The number of aromatic nitrogens is 1. The first-order chi connectivity index (χ1) is 14.7. The standard InChI is InChI=1S/C29H35N/c1-20-15-21(2)17-25(16-20)29-26-14-13-24(22-9-5-3-6-10-22)18-27(26)28(19-30-29)23-11-7-4-8-12-23/h13-19,22-23H,3-12H2,1-2H3. The van der Waals surface area contributed by atoms with Gasteiger partial charge in [0.2, 0.25) is 0 Å². The second-order valence-corrected chi connectivity index (χ2v) is 9.91. The quantitative estimate of drug-likeness (QED) is 0.431. The molecule has 156 valence electrons. The Bertz CT molecular complexity index is 1020. The van der Waals surface area contributed by atoms with Crippen LogP contribution in [0.25, 0.3) is 22.0 Å². The van der Waals surface area contributed by atoms with Crippen molar-refractivity contribution in [3.63, 3.8) is 0 Å². The van der Waals surface area contributed by atoms with Gasteiger partial charge in [-0.25, -0.2) is 0 Å². The van der Waals surface area contributed by atoms with Crippen LogP contribution in [0.4, 0.5) is 0 Å². The van der Waals surface area contributed by atoms with E-state index in [2.05, 4.69) is 56.4 Å². The molecule has 0 saturated heterocycles. The van der Waals surface area contributed by atoms with Crippen LogP contribution in [0.15, 0.2) is 42.6 Å². The van der Waals surface area contributed by atoms with E-state index in [1.807, 2.05) is 0 Å². The second-order valence-electron chi connectivity index (χ2n) is 9.91. The van der Waals surface area contributed by atoms with Crippen molar-refractivity contribution in [1.82, 2.24) is 4.98 Å². The van der Waals surface area contributed by atoms with Gasteiger partial charge in [0.05, 0.1) is 5.69 Å². The van der Waals surface area contributed by atoms with Gasteiger partial charge in [-0.2, -0.15) is 0 Å². The monoisotopic (exact) mass is 397 g/mol. The molecule has 2 aliphatic rings. The number of aryl methyl sites for hydroxylation is 2. The minimum atomic E-state index is 0.684.